The fraction of sp³-hybridized carbons (Fsp3) is 0.364. The first kappa shape index (κ1) is 21.7. The fourth-order valence-electron chi connectivity index (χ4n) is 3.84. The molecule has 0 radical (unpaired) electrons. The van der Waals surface area contributed by atoms with Gasteiger partial charge < -0.3 is 15.5 Å². The van der Waals surface area contributed by atoms with Gasteiger partial charge in [-0.15, -0.1) is 24.2 Å². The largest absolute Gasteiger partial charge is 0.350 e. The molecule has 5 nitrogen and oxygen atoms in total. The topological polar surface area (TPSA) is 61.4 Å². The highest BCUT2D eigenvalue weighted by molar-refractivity contribution is 8.00. The third kappa shape index (κ3) is 5.13. The number of fused-ring (bicyclic) bond motifs is 1. The number of benzene rings is 2. The van der Waals surface area contributed by atoms with Gasteiger partial charge in [0.25, 0.3) is 5.91 Å². The van der Waals surface area contributed by atoms with Gasteiger partial charge in [-0.2, -0.15) is 0 Å². The van der Waals surface area contributed by atoms with E-state index in [4.69, 9.17) is 0 Å². The molecular formula is C22H26ClN3O2S. The van der Waals surface area contributed by atoms with Crippen molar-refractivity contribution in [2.75, 3.05) is 30.3 Å². The number of carbonyl (C=O) groups excluding carboxylic acids is 2. The van der Waals surface area contributed by atoms with Gasteiger partial charge in [0, 0.05) is 29.7 Å². The van der Waals surface area contributed by atoms with Crippen LogP contribution in [0.2, 0.25) is 0 Å². The minimum absolute atomic E-state index is 0. The van der Waals surface area contributed by atoms with Crippen molar-refractivity contribution in [1.29, 1.82) is 0 Å². The standard InChI is InChI=1S/C22H25N3O2S.ClH/c26-21(25-13-11-16-6-1-3-9-19(16)25)15-28-20-10-4-2-8-18(20)22(27)24-14-17-7-5-12-23-17;/h1-4,6,8-10,17,23H,5,7,11-15H2,(H,24,27);1H. The van der Waals surface area contributed by atoms with Crippen LogP contribution in [0.5, 0.6) is 0 Å². The number of hydrogen-bond donors (Lipinski definition) is 2. The Labute approximate surface area is 182 Å². The van der Waals surface area contributed by atoms with Gasteiger partial charge in [-0.1, -0.05) is 30.3 Å². The van der Waals surface area contributed by atoms with Crippen molar-refractivity contribution in [3.63, 3.8) is 0 Å². The van der Waals surface area contributed by atoms with Crippen LogP contribution in [-0.4, -0.2) is 43.2 Å². The van der Waals surface area contributed by atoms with Crippen molar-refractivity contribution in [2.24, 2.45) is 0 Å². The summed E-state index contributed by atoms with van der Waals surface area (Å²) in [5.74, 6) is 0.332. The maximum atomic E-state index is 12.8. The Kier molecular flexibility index (Phi) is 7.58. The molecule has 2 heterocycles. The van der Waals surface area contributed by atoms with Crippen LogP contribution in [0.3, 0.4) is 0 Å². The summed E-state index contributed by atoms with van der Waals surface area (Å²) in [7, 11) is 0. The molecule has 2 aliphatic rings. The minimum atomic E-state index is -0.0734. The zero-order valence-electron chi connectivity index (χ0n) is 16.2. The van der Waals surface area contributed by atoms with Crippen LogP contribution in [0.4, 0.5) is 5.69 Å². The first-order valence-corrected chi connectivity index (χ1v) is 10.8. The zero-order valence-corrected chi connectivity index (χ0v) is 17.9. The predicted molar refractivity (Wildman–Crippen MR) is 120 cm³/mol. The van der Waals surface area contributed by atoms with Crippen molar-refractivity contribution >= 4 is 41.7 Å². The first-order chi connectivity index (χ1) is 13.7. The molecule has 0 aliphatic carbocycles. The van der Waals surface area contributed by atoms with Crippen LogP contribution in [0.15, 0.2) is 53.4 Å². The molecule has 0 saturated carbocycles. The molecule has 2 aromatic rings. The van der Waals surface area contributed by atoms with Gasteiger partial charge in [-0.25, -0.2) is 0 Å². The summed E-state index contributed by atoms with van der Waals surface area (Å²) >= 11 is 1.44. The summed E-state index contributed by atoms with van der Waals surface area (Å²) in [5.41, 5.74) is 2.88. The SMILES string of the molecule is Cl.O=C(NCC1CCCN1)c1ccccc1SCC(=O)N1CCc2ccccc21. The Balaban J connectivity index is 0.00000240. The lowest BCUT2D eigenvalue weighted by Gasteiger charge is -2.17. The second-order valence-corrected chi connectivity index (χ2v) is 8.23. The van der Waals surface area contributed by atoms with Gasteiger partial charge >= 0.3 is 0 Å². The highest BCUT2D eigenvalue weighted by Crippen LogP contribution is 2.29. The molecule has 1 unspecified atom stereocenters. The van der Waals surface area contributed by atoms with Crippen LogP contribution in [0.25, 0.3) is 0 Å². The molecule has 29 heavy (non-hydrogen) atoms. The average Bonchev–Trinajstić information content (AvgIpc) is 3.40. The Morgan fingerprint density at radius 1 is 1.14 bits per heavy atom. The number of carbonyl (C=O) groups is 2. The van der Waals surface area contributed by atoms with Crippen LogP contribution < -0.4 is 15.5 Å². The third-order valence-corrected chi connectivity index (χ3v) is 6.40. The summed E-state index contributed by atoms with van der Waals surface area (Å²) in [4.78, 5) is 28.1. The summed E-state index contributed by atoms with van der Waals surface area (Å²) in [6, 6.07) is 15.9. The number of nitrogens with zero attached hydrogens (tertiary/aromatic N) is 1. The molecule has 1 atom stereocenters. The lowest BCUT2D eigenvalue weighted by Crippen LogP contribution is -2.37. The molecule has 2 aromatic carbocycles. The average molecular weight is 432 g/mol. The minimum Gasteiger partial charge on any atom is -0.350 e. The van der Waals surface area contributed by atoms with Crippen LogP contribution in [0.1, 0.15) is 28.8 Å². The van der Waals surface area contributed by atoms with Gasteiger partial charge in [0.05, 0.1) is 11.3 Å². The maximum Gasteiger partial charge on any atom is 0.252 e. The number of amides is 2. The van der Waals surface area contributed by atoms with E-state index < -0.39 is 0 Å². The zero-order chi connectivity index (χ0) is 19.3. The number of hydrogen-bond acceptors (Lipinski definition) is 4. The number of nitrogens with one attached hydrogen (secondary N) is 2. The van der Waals surface area contributed by atoms with Crippen molar-refractivity contribution in [3.8, 4) is 0 Å². The van der Waals surface area contributed by atoms with Crippen molar-refractivity contribution in [1.82, 2.24) is 10.6 Å². The molecule has 0 bridgehead atoms. The van der Waals surface area contributed by atoms with E-state index in [1.807, 2.05) is 47.4 Å². The molecule has 2 amide bonds. The fourth-order valence-corrected chi connectivity index (χ4v) is 4.76. The lowest BCUT2D eigenvalue weighted by molar-refractivity contribution is -0.116. The number of thioether (sulfide) groups is 1. The number of anilines is 1. The van der Waals surface area contributed by atoms with E-state index in [0.717, 1.165) is 42.9 Å². The van der Waals surface area contributed by atoms with E-state index in [-0.39, 0.29) is 24.2 Å². The highest BCUT2D eigenvalue weighted by Gasteiger charge is 2.24. The van der Waals surface area contributed by atoms with Crippen molar-refractivity contribution in [3.05, 3.63) is 59.7 Å². The Hall–Kier alpha value is -2.02. The Morgan fingerprint density at radius 2 is 1.93 bits per heavy atom. The molecule has 4 rings (SSSR count). The summed E-state index contributed by atoms with van der Waals surface area (Å²) < 4.78 is 0. The summed E-state index contributed by atoms with van der Waals surface area (Å²) in [6.45, 7) is 2.39. The quantitative estimate of drug-likeness (QED) is 0.689. The maximum absolute atomic E-state index is 12.8. The van der Waals surface area contributed by atoms with Gasteiger partial charge in [0.2, 0.25) is 5.91 Å². The molecule has 1 saturated heterocycles. The molecule has 7 heteroatoms. The van der Waals surface area contributed by atoms with Gasteiger partial charge in [0.15, 0.2) is 0 Å². The van der Waals surface area contributed by atoms with Crippen molar-refractivity contribution in [2.45, 2.75) is 30.2 Å². The number of rotatable bonds is 6. The highest BCUT2D eigenvalue weighted by atomic mass is 35.5. The third-order valence-electron chi connectivity index (χ3n) is 5.34. The van der Waals surface area contributed by atoms with E-state index in [2.05, 4.69) is 16.7 Å². The number of para-hydroxylation sites is 1. The summed E-state index contributed by atoms with van der Waals surface area (Å²) in [6.07, 6.45) is 3.16. The lowest BCUT2D eigenvalue weighted by atomic mass is 10.2. The predicted octanol–water partition coefficient (Wildman–Crippen LogP) is 3.27. The number of halogens is 1. The molecular weight excluding hydrogens is 406 g/mol. The second-order valence-electron chi connectivity index (χ2n) is 7.21. The van der Waals surface area contributed by atoms with E-state index in [1.54, 1.807) is 0 Å². The van der Waals surface area contributed by atoms with Crippen molar-refractivity contribution < 1.29 is 9.59 Å². The molecule has 154 valence electrons. The van der Waals surface area contributed by atoms with Crippen LogP contribution >= 0.6 is 24.2 Å². The van der Waals surface area contributed by atoms with E-state index >= 15 is 0 Å². The normalized spacial score (nSPS) is 17.5. The second kappa shape index (κ2) is 10.1. The van der Waals surface area contributed by atoms with Crippen LogP contribution in [-0.2, 0) is 11.2 Å². The van der Waals surface area contributed by atoms with Gasteiger partial charge in [-0.3, -0.25) is 9.59 Å². The smallest absolute Gasteiger partial charge is 0.252 e. The van der Waals surface area contributed by atoms with E-state index in [1.165, 1.54) is 17.3 Å². The van der Waals surface area contributed by atoms with E-state index in [0.29, 0.717) is 23.9 Å². The molecule has 1 fully saturated rings. The Morgan fingerprint density at radius 3 is 2.76 bits per heavy atom. The molecule has 0 spiro atoms. The van der Waals surface area contributed by atoms with E-state index in [9.17, 15) is 9.59 Å². The van der Waals surface area contributed by atoms with Gasteiger partial charge in [0.1, 0.15) is 0 Å². The molecule has 2 N–H and O–H groups in total. The Bertz CT molecular complexity index is 871. The first-order valence-electron chi connectivity index (χ1n) is 9.84. The van der Waals surface area contributed by atoms with Gasteiger partial charge in [-0.05, 0) is 49.6 Å². The van der Waals surface area contributed by atoms with Crippen LogP contribution in [0, 0.1) is 0 Å². The molecule has 2 aliphatic heterocycles. The monoisotopic (exact) mass is 431 g/mol. The molecule has 0 aromatic heterocycles. The summed E-state index contributed by atoms with van der Waals surface area (Å²) in [5, 5.41) is 6.41.